The van der Waals surface area contributed by atoms with E-state index in [0.29, 0.717) is 30.6 Å². The smallest absolute Gasteiger partial charge is 0.227 e. The highest BCUT2D eigenvalue weighted by atomic mass is 16.5. The second kappa shape index (κ2) is 10.5. The number of nitrogens with zero attached hydrogens (tertiary/aromatic N) is 3. The third-order valence-corrected chi connectivity index (χ3v) is 6.19. The molecule has 6 nitrogen and oxygen atoms in total. The van der Waals surface area contributed by atoms with Gasteiger partial charge in [0.2, 0.25) is 5.88 Å². The van der Waals surface area contributed by atoms with Crippen LogP contribution >= 0.6 is 0 Å². The van der Waals surface area contributed by atoms with Crippen molar-refractivity contribution in [2.45, 2.75) is 45.3 Å². The second-order valence-electron chi connectivity index (χ2n) is 9.29. The molecule has 1 aliphatic rings. The van der Waals surface area contributed by atoms with Gasteiger partial charge >= 0.3 is 0 Å². The van der Waals surface area contributed by atoms with E-state index in [1.807, 2.05) is 66.2 Å². The largest absolute Gasteiger partial charge is 0.497 e. The molecule has 1 aromatic heterocycles. The van der Waals surface area contributed by atoms with E-state index in [1.165, 1.54) is 12.8 Å². The predicted octanol–water partition coefficient (Wildman–Crippen LogP) is 5.38. The second-order valence-corrected chi connectivity index (χ2v) is 9.29. The number of hydrogen-bond acceptors (Lipinski definition) is 5. The average molecular weight is 462 g/mol. The fourth-order valence-corrected chi connectivity index (χ4v) is 4.14. The Morgan fingerprint density at radius 1 is 1.18 bits per heavy atom. The van der Waals surface area contributed by atoms with Crippen molar-refractivity contribution in [2.75, 3.05) is 20.2 Å². The van der Waals surface area contributed by atoms with Crippen LogP contribution in [-0.2, 0) is 13.0 Å². The molecule has 1 fully saturated rings. The number of aryl methyl sites for hydroxylation is 1. The highest BCUT2D eigenvalue weighted by Gasteiger charge is 2.30. The summed E-state index contributed by atoms with van der Waals surface area (Å²) in [7, 11) is 1.65. The summed E-state index contributed by atoms with van der Waals surface area (Å²) in [5.41, 5.74) is 1.99. The minimum atomic E-state index is -0.968. The number of rotatable bonds is 12. The summed E-state index contributed by atoms with van der Waals surface area (Å²) in [4.78, 5) is 2.31. The zero-order valence-electron chi connectivity index (χ0n) is 20.4. The van der Waals surface area contributed by atoms with Gasteiger partial charge in [0, 0.05) is 25.7 Å². The number of methoxy groups -OCH3 is 1. The quantitative estimate of drug-likeness (QED) is 0.367. The number of ether oxygens (including phenoxy) is 2. The summed E-state index contributed by atoms with van der Waals surface area (Å²) in [6.45, 7) is 9.82. The Labute approximate surface area is 202 Å². The first kappa shape index (κ1) is 24.0. The van der Waals surface area contributed by atoms with Crippen molar-refractivity contribution in [2.24, 2.45) is 5.92 Å². The van der Waals surface area contributed by atoms with Gasteiger partial charge in [0.05, 0.1) is 29.7 Å². The Bertz CT molecular complexity index is 1100. The monoisotopic (exact) mass is 461 g/mol. The Kier molecular flexibility index (Phi) is 7.39. The van der Waals surface area contributed by atoms with E-state index >= 15 is 0 Å². The first-order valence-corrected chi connectivity index (χ1v) is 12.0. The van der Waals surface area contributed by atoms with Crippen LogP contribution in [0.15, 0.2) is 67.3 Å². The Morgan fingerprint density at radius 2 is 1.91 bits per heavy atom. The van der Waals surface area contributed by atoms with Gasteiger partial charge in [-0.25, -0.2) is 4.68 Å². The maximum absolute atomic E-state index is 10.8. The summed E-state index contributed by atoms with van der Waals surface area (Å²) < 4.78 is 13.8. The van der Waals surface area contributed by atoms with Crippen molar-refractivity contribution in [3.63, 3.8) is 0 Å². The summed E-state index contributed by atoms with van der Waals surface area (Å²) in [5, 5.41) is 15.7. The molecule has 1 unspecified atom stereocenters. The first-order chi connectivity index (χ1) is 16.4. The van der Waals surface area contributed by atoms with E-state index in [4.69, 9.17) is 14.6 Å². The highest BCUT2D eigenvalue weighted by Crippen LogP contribution is 2.35. The average Bonchev–Trinajstić information content (AvgIpc) is 3.60. The SMILES string of the molecule is C=CC(C)(O)CN(Cc1c(CC)nn(-c2ccccc2)c1Oc1cccc(OC)c1)CC1CC1. The lowest BCUT2D eigenvalue weighted by atomic mass is 10.1. The lowest BCUT2D eigenvalue weighted by molar-refractivity contribution is 0.0564. The number of aromatic nitrogens is 2. The van der Waals surface area contributed by atoms with Gasteiger partial charge in [0.1, 0.15) is 11.5 Å². The number of aliphatic hydroxyl groups is 1. The standard InChI is InChI=1S/C28H35N3O3/c1-5-26-25(19-30(18-21-15-16-21)20-28(3,32)6-2)27(31(29-26)22-11-8-7-9-12-22)34-24-14-10-13-23(17-24)33-4/h6-14,17,21,32H,2,5,15-16,18-20H2,1,3-4H3. The van der Waals surface area contributed by atoms with Crippen molar-refractivity contribution in [3.8, 4) is 23.1 Å². The molecule has 4 rings (SSSR count). The summed E-state index contributed by atoms with van der Waals surface area (Å²) >= 11 is 0. The molecule has 0 saturated heterocycles. The van der Waals surface area contributed by atoms with Crippen LogP contribution in [0.1, 0.15) is 37.9 Å². The van der Waals surface area contributed by atoms with Crippen molar-refractivity contribution in [1.82, 2.24) is 14.7 Å². The molecular formula is C28H35N3O3. The van der Waals surface area contributed by atoms with Crippen LogP contribution in [0, 0.1) is 5.92 Å². The fourth-order valence-electron chi connectivity index (χ4n) is 4.14. The van der Waals surface area contributed by atoms with E-state index in [9.17, 15) is 5.11 Å². The molecule has 0 bridgehead atoms. The molecule has 1 heterocycles. The Balaban J connectivity index is 1.76. The molecule has 6 heteroatoms. The van der Waals surface area contributed by atoms with Crippen LogP contribution < -0.4 is 9.47 Å². The lowest BCUT2D eigenvalue weighted by Gasteiger charge is -2.30. The van der Waals surface area contributed by atoms with Gasteiger partial charge in [-0.05, 0) is 56.4 Å². The molecule has 1 atom stereocenters. The maximum atomic E-state index is 10.8. The van der Waals surface area contributed by atoms with Gasteiger partial charge in [0.25, 0.3) is 0 Å². The van der Waals surface area contributed by atoms with Gasteiger partial charge in [-0.2, -0.15) is 5.10 Å². The van der Waals surface area contributed by atoms with Crippen molar-refractivity contribution in [3.05, 3.63) is 78.5 Å². The summed E-state index contributed by atoms with van der Waals surface area (Å²) in [6, 6.07) is 17.7. The Morgan fingerprint density at radius 3 is 2.56 bits per heavy atom. The molecule has 1 aliphatic carbocycles. The van der Waals surface area contributed by atoms with Crippen molar-refractivity contribution < 1.29 is 14.6 Å². The van der Waals surface area contributed by atoms with Gasteiger partial charge < -0.3 is 14.6 Å². The van der Waals surface area contributed by atoms with Crippen LogP contribution in [0.5, 0.6) is 17.4 Å². The molecule has 3 aromatic rings. The summed E-state index contributed by atoms with van der Waals surface area (Å²) in [5.74, 6) is 2.79. The molecule has 0 amide bonds. The molecule has 0 radical (unpaired) electrons. The predicted molar refractivity (Wildman–Crippen MR) is 135 cm³/mol. The van der Waals surface area contributed by atoms with Gasteiger partial charge in [0.15, 0.2) is 0 Å². The van der Waals surface area contributed by atoms with Gasteiger partial charge in [-0.3, -0.25) is 4.90 Å². The molecule has 2 aromatic carbocycles. The van der Waals surface area contributed by atoms with Crippen LogP contribution in [0.25, 0.3) is 5.69 Å². The van der Waals surface area contributed by atoms with Crippen molar-refractivity contribution >= 4 is 0 Å². The molecule has 34 heavy (non-hydrogen) atoms. The minimum Gasteiger partial charge on any atom is -0.497 e. The lowest BCUT2D eigenvalue weighted by Crippen LogP contribution is -2.40. The van der Waals surface area contributed by atoms with Crippen LogP contribution in [-0.4, -0.2) is 45.6 Å². The third-order valence-electron chi connectivity index (χ3n) is 6.19. The number of para-hydroxylation sites is 1. The summed E-state index contributed by atoms with van der Waals surface area (Å²) in [6.07, 6.45) is 4.88. The zero-order valence-corrected chi connectivity index (χ0v) is 20.4. The topological polar surface area (TPSA) is 59.8 Å². The molecular weight excluding hydrogens is 426 g/mol. The van der Waals surface area contributed by atoms with Gasteiger partial charge in [-0.15, -0.1) is 6.58 Å². The van der Waals surface area contributed by atoms with Crippen LogP contribution in [0.4, 0.5) is 0 Å². The fraction of sp³-hybridized carbons (Fsp3) is 0.393. The van der Waals surface area contributed by atoms with E-state index in [1.54, 1.807) is 13.2 Å². The molecule has 0 spiro atoms. The van der Waals surface area contributed by atoms with E-state index in [0.717, 1.165) is 35.7 Å². The third kappa shape index (κ3) is 5.88. The molecule has 180 valence electrons. The molecule has 1 saturated carbocycles. The van der Waals surface area contributed by atoms with Gasteiger partial charge in [-0.1, -0.05) is 37.3 Å². The van der Waals surface area contributed by atoms with E-state index < -0.39 is 5.60 Å². The number of hydrogen-bond donors (Lipinski definition) is 1. The van der Waals surface area contributed by atoms with Crippen molar-refractivity contribution in [1.29, 1.82) is 0 Å². The normalized spacial score (nSPS) is 15.2. The highest BCUT2D eigenvalue weighted by molar-refractivity contribution is 5.44. The number of benzene rings is 2. The van der Waals surface area contributed by atoms with E-state index in [-0.39, 0.29) is 0 Å². The maximum Gasteiger partial charge on any atom is 0.227 e. The minimum absolute atomic E-state index is 0.505. The zero-order chi connectivity index (χ0) is 24.1. The van der Waals surface area contributed by atoms with Crippen LogP contribution in [0.2, 0.25) is 0 Å². The van der Waals surface area contributed by atoms with Crippen LogP contribution in [0.3, 0.4) is 0 Å². The van der Waals surface area contributed by atoms with E-state index in [2.05, 4.69) is 18.4 Å². The molecule has 0 aliphatic heterocycles. The Hall–Kier alpha value is -3.09. The molecule has 1 N–H and O–H groups in total. The first-order valence-electron chi connectivity index (χ1n) is 12.0.